The third kappa shape index (κ3) is 4.56. The number of aliphatic hydroxyl groups is 2. The van der Waals surface area contributed by atoms with Crippen LogP contribution in [0.25, 0.3) is 11.2 Å². The van der Waals surface area contributed by atoms with Gasteiger partial charge in [-0.2, -0.15) is 0 Å². The molecule has 1 aromatic carbocycles. The molecule has 3 aromatic rings. The fraction of sp³-hybridized carbons (Fsp3) is 0.421. The van der Waals surface area contributed by atoms with Crippen molar-refractivity contribution in [3.63, 3.8) is 0 Å². The topological polar surface area (TPSA) is 147 Å². The molecule has 2 unspecified atom stereocenters. The Morgan fingerprint density at radius 2 is 2.06 bits per heavy atom. The van der Waals surface area contributed by atoms with Gasteiger partial charge in [-0.15, -0.1) is 0 Å². The van der Waals surface area contributed by atoms with Crippen molar-refractivity contribution in [3.05, 3.63) is 46.5 Å². The summed E-state index contributed by atoms with van der Waals surface area (Å²) in [7, 11) is 0. The van der Waals surface area contributed by atoms with Gasteiger partial charge in [-0.25, -0.2) is 15.0 Å². The molecule has 2 fully saturated rings. The summed E-state index contributed by atoms with van der Waals surface area (Å²) in [4.78, 5) is 12.2. The van der Waals surface area contributed by atoms with Crippen molar-refractivity contribution in [2.24, 2.45) is 0 Å². The van der Waals surface area contributed by atoms with Crippen LogP contribution in [-0.4, -0.2) is 61.3 Å². The lowest BCUT2D eigenvalue weighted by Gasteiger charge is -2.33. The summed E-state index contributed by atoms with van der Waals surface area (Å²) in [6, 6.07) is 5.09. The maximum atomic E-state index is 10.6. The number of hydrogen-bond acceptors (Lipinski definition) is 11. The summed E-state index contributed by atoms with van der Waals surface area (Å²) in [6.45, 7) is -3.07. The van der Waals surface area contributed by atoms with E-state index in [1.807, 2.05) is 0 Å². The number of aromatic nitrogens is 4. The average Bonchev–Trinajstić information content (AvgIpc) is 3.36. The molecule has 182 valence electrons. The number of nitrogens with two attached hydrogens (primary N) is 1. The van der Waals surface area contributed by atoms with Gasteiger partial charge in [-0.3, -0.25) is 4.57 Å². The SMILES string of the molecule is Nc1ncnc2c1ncn2[C@@H]1O[C@H](COP2(=S)OCCC(c3cc(Cl)ccc3Cl)O2)[C@H](O)[C@@H]1O. The summed E-state index contributed by atoms with van der Waals surface area (Å²) >= 11 is 17.9. The van der Waals surface area contributed by atoms with Crippen LogP contribution in [0, 0.1) is 0 Å². The summed E-state index contributed by atoms with van der Waals surface area (Å²) in [5.74, 6) is 0.190. The van der Waals surface area contributed by atoms with Gasteiger partial charge in [0.2, 0.25) is 0 Å². The second kappa shape index (κ2) is 9.55. The van der Waals surface area contributed by atoms with E-state index < -0.39 is 37.4 Å². The van der Waals surface area contributed by atoms with Crippen molar-refractivity contribution in [2.45, 2.75) is 37.1 Å². The molecule has 2 aromatic heterocycles. The molecular formula is C19H20Cl2N5O6PS. The van der Waals surface area contributed by atoms with Crippen LogP contribution in [0.3, 0.4) is 0 Å². The monoisotopic (exact) mass is 547 g/mol. The van der Waals surface area contributed by atoms with E-state index in [-0.39, 0.29) is 12.4 Å². The van der Waals surface area contributed by atoms with Gasteiger partial charge in [0.25, 0.3) is 0 Å². The van der Waals surface area contributed by atoms with Crippen LogP contribution < -0.4 is 5.73 Å². The third-order valence-corrected chi connectivity index (χ3v) is 8.53. The Kier molecular flexibility index (Phi) is 6.81. The number of aliphatic hydroxyl groups excluding tert-OH is 2. The lowest BCUT2D eigenvalue weighted by atomic mass is 10.1. The minimum absolute atomic E-state index is 0.175. The second-order valence-corrected chi connectivity index (χ2v) is 11.6. The first-order valence-corrected chi connectivity index (χ1v) is 13.5. The summed E-state index contributed by atoms with van der Waals surface area (Å²) in [5.41, 5.74) is 7.23. The fourth-order valence-electron chi connectivity index (χ4n) is 3.87. The molecular weight excluding hydrogens is 528 g/mol. The largest absolute Gasteiger partial charge is 0.387 e. The van der Waals surface area contributed by atoms with E-state index >= 15 is 0 Å². The molecule has 0 bridgehead atoms. The zero-order valence-corrected chi connectivity index (χ0v) is 20.6. The zero-order chi connectivity index (χ0) is 24.0. The number of anilines is 1. The number of ether oxygens (including phenoxy) is 1. The van der Waals surface area contributed by atoms with E-state index in [9.17, 15) is 10.2 Å². The molecule has 0 radical (unpaired) electrons. The standard InChI is InChI=1S/C19H20Cl2N5O6PS/c20-9-1-2-11(21)10(5-9)12-3-4-29-33(34,32-12)30-6-13-15(27)16(28)19(31-13)26-8-25-14-17(22)23-7-24-18(14)26/h1-2,5,7-8,12-13,15-16,19,27-28H,3-4,6H2,(H2,22,23,24)/t12?,13-,15+,16+,19-,33?/m1/s1. The van der Waals surface area contributed by atoms with Crippen molar-refractivity contribution in [1.29, 1.82) is 0 Å². The number of rotatable bonds is 5. The molecule has 6 atom stereocenters. The van der Waals surface area contributed by atoms with Crippen LogP contribution in [0.5, 0.6) is 0 Å². The molecule has 4 heterocycles. The van der Waals surface area contributed by atoms with E-state index in [1.165, 1.54) is 17.2 Å². The van der Waals surface area contributed by atoms with Crippen LogP contribution in [-0.2, 0) is 30.1 Å². The van der Waals surface area contributed by atoms with Crippen LogP contribution in [0.2, 0.25) is 10.0 Å². The molecule has 0 saturated carbocycles. The molecule has 0 spiro atoms. The first kappa shape index (κ1) is 24.3. The van der Waals surface area contributed by atoms with E-state index in [1.54, 1.807) is 18.2 Å². The predicted molar refractivity (Wildman–Crippen MR) is 127 cm³/mol. The lowest BCUT2D eigenvalue weighted by molar-refractivity contribution is -0.0533. The molecule has 0 amide bonds. The highest BCUT2D eigenvalue weighted by atomic mass is 35.5. The average molecular weight is 548 g/mol. The van der Waals surface area contributed by atoms with Crippen molar-refractivity contribution < 1.29 is 28.5 Å². The van der Waals surface area contributed by atoms with E-state index in [0.29, 0.717) is 39.8 Å². The quantitative estimate of drug-likeness (QED) is 0.405. The van der Waals surface area contributed by atoms with Gasteiger partial charge in [-0.1, -0.05) is 23.2 Å². The van der Waals surface area contributed by atoms with E-state index in [0.717, 1.165) is 0 Å². The van der Waals surface area contributed by atoms with Crippen molar-refractivity contribution in [1.82, 2.24) is 19.5 Å². The summed E-state index contributed by atoms with van der Waals surface area (Å²) in [6.07, 6.45) is -1.70. The molecule has 2 aliphatic heterocycles. The summed E-state index contributed by atoms with van der Waals surface area (Å²) in [5, 5.41) is 22.2. The van der Waals surface area contributed by atoms with E-state index in [2.05, 4.69) is 15.0 Å². The van der Waals surface area contributed by atoms with Crippen molar-refractivity contribution in [3.8, 4) is 0 Å². The number of benzene rings is 1. The number of imidazole rings is 1. The molecule has 0 aliphatic carbocycles. The second-order valence-electron chi connectivity index (χ2n) is 7.75. The van der Waals surface area contributed by atoms with Gasteiger partial charge >= 0.3 is 6.72 Å². The Labute approximate surface area is 209 Å². The van der Waals surface area contributed by atoms with Crippen LogP contribution in [0.4, 0.5) is 5.82 Å². The molecule has 11 nitrogen and oxygen atoms in total. The molecule has 2 aliphatic rings. The molecule has 4 N–H and O–H groups in total. The van der Waals surface area contributed by atoms with Gasteiger partial charge < -0.3 is 34.3 Å². The lowest BCUT2D eigenvalue weighted by Crippen LogP contribution is -2.34. The maximum Gasteiger partial charge on any atom is 0.327 e. The fourth-order valence-corrected chi connectivity index (χ4v) is 6.39. The van der Waals surface area contributed by atoms with Crippen LogP contribution >= 0.6 is 29.9 Å². The highest BCUT2D eigenvalue weighted by Gasteiger charge is 2.45. The number of fused-ring (bicyclic) bond motifs is 1. The number of hydrogen-bond donors (Lipinski definition) is 3. The Balaban J connectivity index is 1.28. The van der Waals surface area contributed by atoms with Crippen molar-refractivity contribution in [2.75, 3.05) is 18.9 Å². The number of nitrogens with zero attached hydrogens (tertiary/aromatic N) is 4. The third-order valence-electron chi connectivity index (χ3n) is 5.59. The maximum absolute atomic E-state index is 10.6. The Morgan fingerprint density at radius 3 is 2.88 bits per heavy atom. The Bertz CT molecular complexity index is 1270. The Hall–Kier alpha value is -1.44. The van der Waals surface area contributed by atoms with Gasteiger partial charge in [0, 0.05) is 22.0 Å². The van der Waals surface area contributed by atoms with Crippen molar-refractivity contribution >= 4 is 58.7 Å². The minimum atomic E-state index is -3.19. The number of halogens is 2. The van der Waals surface area contributed by atoms with Gasteiger partial charge in [-0.05, 0) is 30.0 Å². The van der Waals surface area contributed by atoms with Gasteiger partial charge in [0.1, 0.15) is 30.2 Å². The Morgan fingerprint density at radius 1 is 1.24 bits per heavy atom. The van der Waals surface area contributed by atoms with Gasteiger partial charge in [0.05, 0.1) is 25.6 Å². The van der Waals surface area contributed by atoms with Crippen LogP contribution in [0.1, 0.15) is 24.3 Å². The highest BCUT2D eigenvalue weighted by molar-refractivity contribution is 8.07. The first-order valence-electron chi connectivity index (χ1n) is 10.2. The number of nitrogen functional groups attached to an aromatic ring is 1. The van der Waals surface area contributed by atoms with Crippen LogP contribution in [0.15, 0.2) is 30.9 Å². The smallest absolute Gasteiger partial charge is 0.327 e. The van der Waals surface area contributed by atoms with E-state index in [4.69, 9.17) is 59.1 Å². The zero-order valence-electron chi connectivity index (χ0n) is 17.4. The molecule has 2 saturated heterocycles. The normalized spacial score (nSPS) is 31.8. The van der Waals surface area contributed by atoms with Gasteiger partial charge in [0.15, 0.2) is 17.7 Å². The minimum Gasteiger partial charge on any atom is -0.387 e. The molecule has 34 heavy (non-hydrogen) atoms. The highest BCUT2D eigenvalue weighted by Crippen LogP contribution is 2.58. The molecule has 5 rings (SSSR count). The first-order chi connectivity index (χ1) is 16.3. The molecule has 15 heteroatoms. The predicted octanol–water partition coefficient (Wildman–Crippen LogP) is 2.75. The summed E-state index contributed by atoms with van der Waals surface area (Å²) < 4.78 is 24.8.